The fraction of sp³-hybridized carbons (Fsp3) is 0.467. The Hall–Kier alpha value is -1.15. The van der Waals surface area contributed by atoms with Crippen molar-refractivity contribution in [2.75, 3.05) is 6.54 Å². The van der Waals surface area contributed by atoms with Crippen molar-refractivity contribution in [2.24, 2.45) is 0 Å². The van der Waals surface area contributed by atoms with E-state index in [-0.39, 0.29) is 11.9 Å². The fourth-order valence-electron chi connectivity index (χ4n) is 1.78. The van der Waals surface area contributed by atoms with Gasteiger partial charge in [-0.05, 0) is 45.4 Å². The van der Waals surface area contributed by atoms with E-state index in [0.29, 0.717) is 0 Å². The van der Waals surface area contributed by atoms with E-state index in [4.69, 9.17) is 0 Å². The Labute approximate surface area is 104 Å². The molecule has 1 nitrogen and oxygen atoms in total. The van der Waals surface area contributed by atoms with E-state index in [1.807, 2.05) is 32.9 Å². The molecule has 1 atom stereocenters. The summed E-state index contributed by atoms with van der Waals surface area (Å²) in [6.07, 6.45) is 3.12. The first-order valence-corrected chi connectivity index (χ1v) is 6.19. The van der Waals surface area contributed by atoms with Crippen LogP contribution >= 0.6 is 0 Å². The van der Waals surface area contributed by atoms with E-state index in [1.165, 1.54) is 5.57 Å². The molecule has 94 valence electrons. The van der Waals surface area contributed by atoms with Crippen LogP contribution in [0.25, 0.3) is 0 Å². The Morgan fingerprint density at radius 1 is 1.41 bits per heavy atom. The maximum atomic E-state index is 13.9. The molecule has 0 aromatic heterocycles. The zero-order valence-electron chi connectivity index (χ0n) is 11.2. The summed E-state index contributed by atoms with van der Waals surface area (Å²) < 4.78 is 13.9. The van der Waals surface area contributed by atoms with Crippen LogP contribution in [0.15, 0.2) is 29.8 Å². The Balaban J connectivity index is 2.99. The number of aryl methyl sites for hydroxylation is 1. The number of nitrogens with one attached hydrogen (secondary N) is 1. The van der Waals surface area contributed by atoms with Gasteiger partial charge in [0.2, 0.25) is 0 Å². The van der Waals surface area contributed by atoms with Gasteiger partial charge in [-0.15, -0.1) is 0 Å². The Kier molecular flexibility index (Phi) is 5.36. The highest BCUT2D eigenvalue weighted by Crippen LogP contribution is 2.20. The van der Waals surface area contributed by atoms with Crippen LogP contribution in [0.4, 0.5) is 4.39 Å². The highest BCUT2D eigenvalue weighted by molar-refractivity contribution is 5.29. The molecule has 0 fully saturated rings. The Morgan fingerprint density at radius 3 is 2.65 bits per heavy atom. The number of rotatable bonds is 5. The molecule has 2 heteroatoms. The highest BCUT2D eigenvalue weighted by Gasteiger charge is 2.12. The van der Waals surface area contributed by atoms with Gasteiger partial charge >= 0.3 is 0 Å². The second-order valence-electron chi connectivity index (χ2n) is 4.70. The van der Waals surface area contributed by atoms with Gasteiger partial charge in [-0.2, -0.15) is 0 Å². The predicted molar refractivity (Wildman–Crippen MR) is 71.6 cm³/mol. The van der Waals surface area contributed by atoms with Gasteiger partial charge in [-0.3, -0.25) is 0 Å². The Bertz CT molecular complexity index is 392. The van der Waals surface area contributed by atoms with Gasteiger partial charge in [0.15, 0.2) is 0 Å². The summed E-state index contributed by atoms with van der Waals surface area (Å²) in [5.74, 6) is -0.129. The van der Waals surface area contributed by atoms with Gasteiger partial charge < -0.3 is 5.32 Å². The van der Waals surface area contributed by atoms with Crippen LogP contribution in [0.3, 0.4) is 0 Å². The van der Waals surface area contributed by atoms with Crippen LogP contribution in [0.5, 0.6) is 0 Å². The maximum Gasteiger partial charge on any atom is 0.128 e. The molecule has 1 aromatic rings. The summed E-state index contributed by atoms with van der Waals surface area (Å²) in [5.41, 5.74) is 2.88. The molecule has 1 aromatic carbocycles. The molecular formula is C15H22FN. The standard InChI is InChI=1S/C15H22FN/c1-5-8-17-15(9-11(2)3)13-7-6-12(4)10-14(13)16/h6-7,9-10,15,17H,5,8H2,1-4H3. The third-order valence-corrected chi connectivity index (χ3v) is 2.61. The molecule has 0 saturated heterocycles. The van der Waals surface area contributed by atoms with Crippen LogP contribution in [0.2, 0.25) is 0 Å². The molecule has 0 aliphatic carbocycles. The number of halogens is 1. The van der Waals surface area contributed by atoms with Crippen molar-refractivity contribution in [3.63, 3.8) is 0 Å². The van der Waals surface area contributed by atoms with E-state index in [1.54, 1.807) is 6.07 Å². The van der Waals surface area contributed by atoms with Crippen molar-refractivity contribution in [1.82, 2.24) is 5.32 Å². The lowest BCUT2D eigenvalue weighted by atomic mass is 10.0. The van der Waals surface area contributed by atoms with Crippen LogP contribution in [0.1, 0.15) is 44.4 Å². The summed E-state index contributed by atoms with van der Waals surface area (Å²) in [5, 5.41) is 3.36. The van der Waals surface area contributed by atoms with Crippen LogP contribution in [0, 0.1) is 12.7 Å². The molecule has 17 heavy (non-hydrogen) atoms. The lowest BCUT2D eigenvalue weighted by Crippen LogP contribution is -2.21. The zero-order chi connectivity index (χ0) is 12.8. The minimum Gasteiger partial charge on any atom is -0.307 e. The van der Waals surface area contributed by atoms with E-state index < -0.39 is 0 Å². The molecular weight excluding hydrogens is 213 g/mol. The Morgan fingerprint density at radius 2 is 2.12 bits per heavy atom. The van der Waals surface area contributed by atoms with E-state index in [0.717, 1.165) is 24.1 Å². The number of allylic oxidation sites excluding steroid dienone is 1. The molecule has 0 amide bonds. The molecule has 0 saturated carbocycles. The molecule has 0 aliphatic rings. The molecule has 0 spiro atoms. The summed E-state index contributed by atoms with van der Waals surface area (Å²) in [6, 6.07) is 5.39. The third-order valence-electron chi connectivity index (χ3n) is 2.61. The minimum absolute atomic E-state index is 0.0273. The number of hydrogen-bond acceptors (Lipinski definition) is 1. The minimum atomic E-state index is -0.129. The first-order valence-electron chi connectivity index (χ1n) is 6.19. The van der Waals surface area contributed by atoms with Gasteiger partial charge in [0.1, 0.15) is 5.82 Å². The average molecular weight is 235 g/mol. The van der Waals surface area contributed by atoms with Gasteiger partial charge in [0.05, 0.1) is 6.04 Å². The zero-order valence-corrected chi connectivity index (χ0v) is 11.2. The number of hydrogen-bond donors (Lipinski definition) is 1. The highest BCUT2D eigenvalue weighted by atomic mass is 19.1. The van der Waals surface area contributed by atoms with E-state index in [9.17, 15) is 4.39 Å². The van der Waals surface area contributed by atoms with Crippen LogP contribution in [-0.2, 0) is 0 Å². The molecule has 0 aliphatic heterocycles. The molecule has 1 unspecified atom stereocenters. The molecule has 1 rings (SSSR count). The van der Waals surface area contributed by atoms with Crippen molar-refractivity contribution in [3.8, 4) is 0 Å². The van der Waals surface area contributed by atoms with Gasteiger partial charge in [0, 0.05) is 5.56 Å². The molecule has 0 heterocycles. The lowest BCUT2D eigenvalue weighted by molar-refractivity contribution is 0.553. The molecule has 1 N–H and O–H groups in total. The SMILES string of the molecule is CCCNC(C=C(C)C)c1ccc(C)cc1F. The van der Waals surface area contributed by atoms with Crippen LogP contribution in [-0.4, -0.2) is 6.54 Å². The first kappa shape index (κ1) is 13.9. The second kappa shape index (κ2) is 6.55. The van der Waals surface area contributed by atoms with Gasteiger partial charge in [-0.25, -0.2) is 4.39 Å². The van der Waals surface area contributed by atoms with Gasteiger partial charge in [0.25, 0.3) is 0 Å². The molecule has 0 bridgehead atoms. The van der Waals surface area contributed by atoms with E-state index >= 15 is 0 Å². The topological polar surface area (TPSA) is 12.0 Å². The molecule has 0 radical (unpaired) electrons. The van der Waals surface area contributed by atoms with Gasteiger partial charge in [-0.1, -0.05) is 30.7 Å². The summed E-state index contributed by atoms with van der Waals surface area (Å²) in [7, 11) is 0. The first-order chi connectivity index (χ1) is 8.04. The smallest absolute Gasteiger partial charge is 0.128 e. The predicted octanol–water partition coefficient (Wildman–Crippen LogP) is 4.14. The summed E-state index contributed by atoms with van der Waals surface area (Å²) in [4.78, 5) is 0. The van der Waals surface area contributed by atoms with E-state index in [2.05, 4.69) is 18.3 Å². The average Bonchev–Trinajstić information content (AvgIpc) is 2.24. The third kappa shape index (κ3) is 4.31. The van der Waals surface area contributed by atoms with Crippen molar-refractivity contribution < 1.29 is 4.39 Å². The van der Waals surface area contributed by atoms with Crippen molar-refractivity contribution in [1.29, 1.82) is 0 Å². The summed E-state index contributed by atoms with van der Waals surface area (Å²) >= 11 is 0. The van der Waals surface area contributed by atoms with Crippen molar-refractivity contribution in [3.05, 3.63) is 46.8 Å². The lowest BCUT2D eigenvalue weighted by Gasteiger charge is -2.17. The largest absolute Gasteiger partial charge is 0.307 e. The van der Waals surface area contributed by atoms with Crippen molar-refractivity contribution in [2.45, 2.75) is 40.2 Å². The second-order valence-corrected chi connectivity index (χ2v) is 4.70. The maximum absolute atomic E-state index is 13.9. The number of benzene rings is 1. The van der Waals surface area contributed by atoms with Crippen molar-refractivity contribution >= 4 is 0 Å². The fourth-order valence-corrected chi connectivity index (χ4v) is 1.78. The summed E-state index contributed by atoms with van der Waals surface area (Å²) in [6.45, 7) is 8.97. The monoisotopic (exact) mass is 235 g/mol. The quantitative estimate of drug-likeness (QED) is 0.756. The van der Waals surface area contributed by atoms with Crippen LogP contribution < -0.4 is 5.32 Å². The normalized spacial score (nSPS) is 12.3.